The van der Waals surface area contributed by atoms with E-state index in [0.29, 0.717) is 29.3 Å². The van der Waals surface area contributed by atoms with Gasteiger partial charge >= 0.3 is 12.1 Å². The molecule has 10 nitrogen and oxygen atoms in total. The van der Waals surface area contributed by atoms with Crippen LogP contribution in [0.3, 0.4) is 0 Å². The number of fused-ring (bicyclic) bond motifs is 1. The van der Waals surface area contributed by atoms with Crippen LogP contribution in [0.25, 0.3) is 0 Å². The summed E-state index contributed by atoms with van der Waals surface area (Å²) in [7, 11) is 1.76. The molecule has 1 aliphatic rings. The average molecular weight is 496 g/mol. The number of benzene rings is 1. The minimum absolute atomic E-state index is 0.0750. The van der Waals surface area contributed by atoms with Crippen molar-refractivity contribution in [2.45, 2.75) is 46.6 Å². The number of halogens is 1. The molecule has 0 spiro atoms. The van der Waals surface area contributed by atoms with Gasteiger partial charge in [-0.2, -0.15) is 0 Å². The Balaban J connectivity index is 1.59. The van der Waals surface area contributed by atoms with Gasteiger partial charge in [0.2, 0.25) is 5.88 Å². The molecule has 0 unspecified atom stereocenters. The Hall–Kier alpha value is -4.15. The highest BCUT2D eigenvalue weighted by Gasteiger charge is 2.32. The summed E-state index contributed by atoms with van der Waals surface area (Å²) in [6.45, 7) is 10.2. The molecular formula is C25H30FN7O3. The summed E-state index contributed by atoms with van der Waals surface area (Å²) in [6.07, 6.45) is 1.72. The first-order valence-corrected chi connectivity index (χ1v) is 11.6. The van der Waals surface area contributed by atoms with E-state index in [1.165, 1.54) is 12.1 Å². The molecule has 0 bridgehead atoms. The first-order valence-electron chi connectivity index (χ1n) is 11.6. The lowest BCUT2D eigenvalue weighted by Gasteiger charge is -2.37. The van der Waals surface area contributed by atoms with Crippen molar-refractivity contribution in [3.63, 3.8) is 0 Å². The van der Waals surface area contributed by atoms with Crippen molar-refractivity contribution in [1.29, 1.82) is 0 Å². The van der Waals surface area contributed by atoms with Crippen LogP contribution >= 0.6 is 0 Å². The average Bonchev–Trinajstić information content (AvgIpc) is 3.29. The number of urea groups is 2. The molecule has 190 valence electrons. The van der Waals surface area contributed by atoms with Gasteiger partial charge in [-0.1, -0.05) is 25.9 Å². The second kappa shape index (κ2) is 9.48. The normalized spacial score (nSPS) is 13.5. The number of pyridine rings is 1. The molecular weight excluding hydrogens is 465 g/mol. The minimum Gasteiger partial charge on any atom is -0.373 e. The third-order valence-electron chi connectivity index (χ3n) is 5.96. The number of aryl methyl sites for hydroxylation is 1. The third kappa shape index (κ3) is 4.81. The molecule has 36 heavy (non-hydrogen) atoms. The standard InChI is InChI=1S/C25H30FN7O3/c1-7-32-19-10-21(27-6)28-12-15(19)13-33(24(32)35)18-9-17(16(26)8-14(18)2)29-23(34)30-22-11-20(31-36-22)25(3,4)5/h8-12H,7,13H2,1-6H3,(H,27,28)(H2,29,30,34). The number of nitrogens with one attached hydrogen (secondary N) is 3. The van der Waals surface area contributed by atoms with Gasteiger partial charge in [-0.05, 0) is 31.5 Å². The molecule has 11 heteroatoms. The summed E-state index contributed by atoms with van der Waals surface area (Å²) >= 11 is 0. The lowest BCUT2D eigenvalue weighted by atomic mass is 9.92. The van der Waals surface area contributed by atoms with Crippen LogP contribution in [-0.4, -0.2) is 35.8 Å². The fraction of sp³-hybridized carbons (Fsp3) is 0.360. The Kier molecular flexibility index (Phi) is 6.57. The van der Waals surface area contributed by atoms with Crippen LogP contribution in [0.1, 0.15) is 44.5 Å². The van der Waals surface area contributed by atoms with E-state index in [1.54, 1.807) is 36.0 Å². The third-order valence-corrected chi connectivity index (χ3v) is 5.96. The van der Waals surface area contributed by atoms with Gasteiger partial charge in [-0.15, -0.1) is 0 Å². The number of carbonyl (C=O) groups excluding carboxylic acids is 2. The quantitative estimate of drug-likeness (QED) is 0.433. The molecule has 3 aromatic rings. The van der Waals surface area contributed by atoms with Crippen LogP contribution in [-0.2, 0) is 12.0 Å². The number of amides is 4. The van der Waals surface area contributed by atoms with Crippen molar-refractivity contribution in [1.82, 2.24) is 10.1 Å². The van der Waals surface area contributed by atoms with Gasteiger partial charge in [0, 0.05) is 42.9 Å². The van der Waals surface area contributed by atoms with Crippen LogP contribution in [0.15, 0.2) is 35.0 Å². The molecule has 1 aromatic carbocycles. The fourth-order valence-electron chi connectivity index (χ4n) is 3.96. The number of hydrogen-bond acceptors (Lipinski definition) is 6. The van der Waals surface area contributed by atoms with E-state index in [0.717, 1.165) is 11.3 Å². The zero-order valence-electron chi connectivity index (χ0n) is 21.2. The zero-order valence-corrected chi connectivity index (χ0v) is 21.2. The molecule has 0 saturated heterocycles. The predicted octanol–water partition coefficient (Wildman–Crippen LogP) is 5.47. The van der Waals surface area contributed by atoms with Crippen LogP contribution < -0.4 is 25.8 Å². The molecule has 2 aromatic heterocycles. The van der Waals surface area contributed by atoms with Gasteiger partial charge in [0.25, 0.3) is 0 Å². The zero-order chi connectivity index (χ0) is 26.2. The second-order valence-electron chi connectivity index (χ2n) is 9.59. The smallest absolute Gasteiger partial charge is 0.329 e. The summed E-state index contributed by atoms with van der Waals surface area (Å²) in [5, 5.41) is 12.0. The van der Waals surface area contributed by atoms with Crippen molar-refractivity contribution < 1.29 is 18.5 Å². The summed E-state index contributed by atoms with van der Waals surface area (Å²) in [4.78, 5) is 33.5. The summed E-state index contributed by atoms with van der Waals surface area (Å²) in [5.41, 5.74) is 3.00. The SMILES string of the molecule is CCN1C(=O)N(c2cc(NC(=O)Nc3cc(C(C)(C)C)no3)c(F)cc2C)Cc2cnc(NC)cc21. The summed E-state index contributed by atoms with van der Waals surface area (Å²) in [6, 6.07) is 5.25. The van der Waals surface area contributed by atoms with E-state index >= 15 is 0 Å². The maximum absolute atomic E-state index is 14.8. The fourth-order valence-corrected chi connectivity index (χ4v) is 3.96. The Labute approximate surface area is 208 Å². The van der Waals surface area contributed by atoms with E-state index in [2.05, 4.69) is 26.1 Å². The van der Waals surface area contributed by atoms with Gasteiger partial charge in [-0.25, -0.2) is 19.0 Å². The van der Waals surface area contributed by atoms with Crippen molar-refractivity contribution in [2.24, 2.45) is 0 Å². The van der Waals surface area contributed by atoms with Gasteiger partial charge in [0.05, 0.1) is 29.3 Å². The summed E-state index contributed by atoms with van der Waals surface area (Å²) < 4.78 is 20.0. The molecule has 1 aliphatic heterocycles. The maximum Gasteiger partial charge on any atom is 0.329 e. The monoisotopic (exact) mass is 495 g/mol. The molecule has 0 radical (unpaired) electrons. The van der Waals surface area contributed by atoms with Gasteiger partial charge in [0.1, 0.15) is 11.6 Å². The molecule has 3 N–H and O–H groups in total. The molecule has 0 fully saturated rings. The van der Waals surface area contributed by atoms with E-state index in [-0.39, 0.29) is 29.6 Å². The number of hydrogen-bond donors (Lipinski definition) is 3. The van der Waals surface area contributed by atoms with Gasteiger partial charge in [-0.3, -0.25) is 15.1 Å². The van der Waals surface area contributed by atoms with E-state index in [1.807, 2.05) is 33.8 Å². The molecule has 3 heterocycles. The van der Waals surface area contributed by atoms with Gasteiger partial charge in [0.15, 0.2) is 0 Å². The molecule has 0 aliphatic carbocycles. The number of nitrogens with zero attached hydrogens (tertiary/aromatic N) is 4. The second-order valence-corrected chi connectivity index (χ2v) is 9.59. The number of rotatable bonds is 5. The van der Waals surface area contributed by atoms with Crippen LogP contribution in [0.4, 0.5) is 42.7 Å². The van der Waals surface area contributed by atoms with E-state index in [4.69, 9.17) is 4.52 Å². The maximum atomic E-state index is 14.8. The molecule has 4 rings (SSSR count). The van der Waals surface area contributed by atoms with E-state index in [9.17, 15) is 14.0 Å². The van der Waals surface area contributed by atoms with Gasteiger partial charge < -0.3 is 15.2 Å². The van der Waals surface area contributed by atoms with Crippen LogP contribution in [0.2, 0.25) is 0 Å². The van der Waals surface area contributed by atoms with Crippen molar-refractivity contribution in [3.05, 3.63) is 53.1 Å². The van der Waals surface area contributed by atoms with Crippen molar-refractivity contribution in [2.75, 3.05) is 39.3 Å². The number of aromatic nitrogens is 2. The Bertz CT molecular complexity index is 1320. The highest BCUT2D eigenvalue weighted by atomic mass is 19.1. The lowest BCUT2D eigenvalue weighted by Crippen LogP contribution is -2.47. The molecule has 0 saturated carbocycles. The topological polar surface area (TPSA) is 116 Å². The molecule has 0 atom stereocenters. The largest absolute Gasteiger partial charge is 0.373 e. The van der Waals surface area contributed by atoms with Crippen molar-refractivity contribution >= 4 is 40.8 Å². The van der Waals surface area contributed by atoms with E-state index < -0.39 is 11.8 Å². The summed E-state index contributed by atoms with van der Waals surface area (Å²) in [5.74, 6) is 0.169. The minimum atomic E-state index is -0.699. The number of anilines is 5. The lowest BCUT2D eigenvalue weighted by molar-refractivity contribution is 0.250. The highest BCUT2D eigenvalue weighted by molar-refractivity contribution is 6.07. The Morgan fingerprint density at radius 3 is 2.56 bits per heavy atom. The molecule has 4 amide bonds. The Morgan fingerprint density at radius 2 is 1.92 bits per heavy atom. The predicted molar refractivity (Wildman–Crippen MR) is 137 cm³/mol. The Morgan fingerprint density at radius 1 is 1.17 bits per heavy atom. The number of carbonyl (C=O) groups is 2. The first-order chi connectivity index (χ1) is 17.0. The van der Waals surface area contributed by atoms with Crippen molar-refractivity contribution in [3.8, 4) is 0 Å². The van der Waals surface area contributed by atoms with Crippen LogP contribution in [0.5, 0.6) is 0 Å². The van der Waals surface area contributed by atoms with Crippen LogP contribution in [0, 0.1) is 12.7 Å². The highest BCUT2D eigenvalue weighted by Crippen LogP contribution is 2.36. The first kappa shape index (κ1) is 25.0.